The number of furan rings is 1. The van der Waals surface area contributed by atoms with Crippen LogP contribution in [0.3, 0.4) is 0 Å². The molecule has 1 amide bonds. The smallest absolute Gasteiger partial charge is 0.301 e. The maximum absolute atomic E-state index is 12.3. The Morgan fingerprint density at radius 2 is 2.29 bits per heavy atom. The SMILES string of the molecule is Cc1cc(Cn2ccc3sccc3c2=O)oc1C(=O)NN. The molecule has 3 aromatic heterocycles. The summed E-state index contributed by atoms with van der Waals surface area (Å²) in [6.45, 7) is 2.02. The quantitative estimate of drug-likeness (QED) is 0.437. The van der Waals surface area contributed by atoms with Gasteiger partial charge in [-0.15, -0.1) is 11.3 Å². The molecule has 0 bridgehead atoms. The van der Waals surface area contributed by atoms with Gasteiger partial charge in [-0.1, -0.05) is 0 Å². The number of nitrogen functional groups attached to an aromatic ring is 1. The average molecular weight is 303 g/mol. The van der Waals surface area contributed by atoms with Crippen molar-refractivity contribution < 1.29 is 9.21 Å². The van der Waals surface area contributed by atoms with E-state index in [2.05, 4.69) is 0 Å². The highest BCUT2D eigenvalue weighted by molar-refractivity contribution is 7.17. The van der Waals surface area contributed by atoms with Crippen LogP contribution in [-0.4, -0.2) is 10.5 Å². The highest BCUT2D eigenvalue weighted by Crippen LogP contribution is 2.18. The first-order valence-corrected chi connectivity index (χ1v) is 7.15. The number of aryl methyl sites for hydroxylation is 1. The molecule has 0 saturated heterocycles. The van der Waals surface area contributed by atoms with Crippen LogP contribution in [0.15, 0.2) is 39.0 Å². The zero-order chi connectivity index (χ0) is 15.0. The summed E-state index contributed by atoms with van der Waals surface area (Å²) < 4.78 is 7.98. The summed E-state index contributed by atoms with van der Waals surface area (Å²) in [6, 6.07) is 5.43. The standard InChI is InChI=1S/C14H13N3O3S/c1-8-6-9(20-12(8)13(18)16-15)7-17-4-2-11-10(14(17)19)3-5-21-11/h2-6H,7,15H2,1H3,(H,16,18). The van der Waals surface area contributed by atoms with Crippen molar-refractivity contribution >= 4 is 27.3 Å². The topological polar surface area (TPSA) is 90.3 Å². The first-order valence-electron chi connectivity index (χ1n) is 6.27. The molecule has 0 aliphatic heterocycles. The van der Waals surface area contributed by atoms with Crippen molar-refractivity contribution in [3.63, 3.8) is 0 Å². The van der Waals surface area contributed by atoms with Gasteiger partial charge >= 0.3 is 5.91 Å². The summed E-state index contributed by atoms with van der Waals surface area (Å²) in [6.07, 6.45) is 1.72. The van der Waals surface area contributed by atoms with Crippen LogP contribution in [0.4, 0.5) is 0 Å². The molecule has 0 radical (unpaired) electrons. The molecule has 3 heterocycles. The Morgan fingerprint density at radius 3 is 3.05 bits per heavy atom. The third-order valence-electron chi connectivity index (χ3n) is 3.22. The van der Waals surface area contributed by atoms with E-state index in [0.29, 0.717) is 16.7 Å². The highest BCUT2D eigenvalue weighted by Gasteiger charge is 2.15. The third kappa shape index (κ3) is 2.37. The number of amides is 1. The fraction of sp³-hybridized carbons (Fsp3) is 0.143. The van der Waals surface area contributed by atoms with Gasteiger partial charge in [0.1, 0.15) is 5.76 Å². The second kappa shape index (κ2) is 5.19. The molecule has 0 spiro atoms. The predicted molar refractivity (Wildman–Crippen MR) is 80.3 cm³/mol. The summed E-state index contributed by atoms with van der Waals surface area (Å²) in [5.41, 5.74) is 2.63. The fourth-order valence-corrected chi connectivity index (χ4v) is 2.99. The van der Waals surface area contributed by atoms with Crippen LogP contribution in [0.2, 0.25) is 0 Å². The largest absolute Gasteiger partial charge is 0.454 e. The maximum Gasteiger partial charge on any atom is 0.301 e. The number of hydrazine groups is 1. The van der Waals surface area contributed by atoms with Gasteiger partial charge < -0.3 is 8.98 Å². The van der Waals surface area contributed by atoms with Crippen molar-refractivity contribution in [3.05, 3.63) is 57.2 Å². The van der Waals surface area contributed by atoms with Crippen molar-refractivity contribution in [1.82, 2.24) is 9.99 Å². The minimum atomic E-state index is -0.487. The normalized spacial score (nSPS) is 11.0. The number of carbonyl (C=O) groups is 1. The van der Waals surface area contributed by atoms with Gasteiger partial charge in [0, 0.05) is 16.5 Å². The molecule has 7 heteroatoms. The second-order valence-electron chi connectivity index (χ2n) is 4.65. The second-order valence-corrected chi connectivity index (χ2v) is 5.59. The number of nitrogens with one attached hydrogen (secondary N) is 1. The Kier molecular flexibility index (Phi) is 3.36. The molecule has 0 unspecified atom stereocenters. The number of pyridine rings is 1. The highest BCUT2D eigenvalue weighted by atomic mass is 32.1. The van der Waals surface area contributed by atoms with Gasteiger partial charge in [0.05, 0.1) is 11.9 Å². The Morgan fingerprint density at radius 1 is 1.48 bits per heavy atom. The Labute approximate surface area is 123 Å². The van der Waals surface area contributed by atoms with Crippen molar-refractivity contribution in [2.75, 3.05) is 0 Å². The number of hydrogen-bond acceptors (Lipinski definition) is 5. The maximum atomic E-state index is 12.3. The Hall–Kier alpha value is -2.38. The fourth-order valence-electron chi connectivity index (χ4n) is 2.22. The summed E-state index contributed by atoms with van der Waals surface area (Å²) >= 11 is 1.53. The van der Waals surface area contributed by atoms with Crippen LogP contribution >= 0.6 is 11.3 Å². The van der Waals surface area contributed by atoms with Crippen LogP contribution in [-0.2, 0) is 6.54 Å². The minimum absolute atomic E-state index is 0.0763. The zero-order valence-corrected chi connectivity index (χ0v) is 12.1. The van der Waals surface area contributed by atoms with Gasteiger partial charge in [0.2, 0.25) is 0 Å². The van der Waals surface area contributed by atoms with Crippen LogP contribution in [0, 0.1) is 6.92 Å². The Balaban J connectivity index is 1.97. The number of nitrogens with two attached hydrogens (primary N) is 1. The van der Waals surface area contributed by atoms with E-state index in [1.807, 2.05) is 16.9 Å². The predicted octanol–water partition coefficient (Wildman–Crippen LogP) is 1.62. The molecule has 0 saturated carbocycles. The van der Waals surface area contributed by atoms with Gasteiger partial charge in [0.15, 0.2) is 5.76 Å². The summed E-state index contributed by atoms with van der Waals surface area (Å²) in [5, 5.41) is 2.57. The molecule has 21 heavy (non-hydrogen) atoms. The zero-order valence-electron chi connectivity index (χ0n) is 11.3. The Bertz CT molecular complexity index is 875. The van der Waals surface area contributed by atoms with E-state index < -0.39 is 5.91 Å². The van der Waals surface area contributed by atoms with E-state index in [-0.39, 0.29) is 17.9 Å². The van der Waals surface area contributed by atoms with Gasteiger partial charge in [-0.05, 0) is 30.5 Å². The molecule has 0 aliphatic rings. The van der Waals surface area contributed by atoms with Gasteiger partial charge in [-0.25, -0.2) is 5.84 Å². The lowest BCUT2D eigenvalue weighted by molar-refractivity contribution is 0.0923. The van der Waals surface area contributed by atoms with E-state index >= 15 is 0 Å². The van der Waals surface area contributed by atoms with Gasteiger partial charge in [-0.3, -0.25) is 15.0 Å². The summed E-state index contributed by atoms with van der Waals surface area (Å²) in [4.78, 5) is 23.8. The number of aromatic nitrogens is 1. The molecular formula is C14H13N3O3S. The molecule has 3 rings (SSSR count). The van der Waals surface area contributed by atoms with Gasteiger partial charge in [-0.2, -0.15) is 0 Å². The lowest BCUT2D eigenvalue weighted by atomic mass is 10.2. The average Bonchev–Trinajstić information content (AvgIpc) is 3.08. The van der Waals surface area contributed by atoms with Crippen LogP contribution in [0.1, 0.15) is 21.9 Å². The molecule has 0 fully saturated rings. The molecular weight excluding hydrogens is 290 g/mol. The van der Waals surface area contributed by atoms with Crippen LogP contribution in [0.25, 0.3) is 10.1 Å². The number of fused-ring (bicyclic) bond motifs is 1. The number of nitrogens with zero attached hydrogens (tertiary/aromatic N) is 1. The van der Waals surface area contributed by atoms with E-state index in [9.17, 15) is 9.59 Å². The summed E-state index contributed by atoms with van der Waals surface area (Å²) in [5.74, 6) is 5.30. The number of hydrogen-bond donors (Lipinski definition) is 2. The number of thiophene rings is 1. The van der Waals surface area contributed by atoms with E-state index in [4.69, 9.17) is 10.3 Å². The lowest BCUT2D eigenvalue weighted by Gasteiger charge is -2.03. The molecule has 6 nitrogen and oxygen atoms in total. The molecule has 0 aliphatic carbocycles. The van der Waals surface area contributed by atoms with Crippen molar-refractivity contribution in [1.29, 1.82) is 0 Å². The van der Waals surface area contributed by atoms with Crippen molar-refractivity contribution in [3.8, 4) is 0 Å². The minimum Gasteiger partial charge on any atom is -0.454 e. The van der Waals surface area contributed by atoms with Crippen molar-refractivity contribution in [2.45, 2.75) is 13.5 Å². The van der Waals surface area contributed by atoms with Crippen LogP contribution in [0.5, 0.6) is 0 Å². The summed E-state index contributed by atoms with van der Waals surface area (Å²) in [7, 11) is 0. The van der Waals surface area contributed by atoms with E-state index in [1.165, 1.54) is 11.3 Å². The number of carbonyl (C=O) groups excluding carboxylic acids is 1. The molecule has 108 valence electrons. The molecule has 0 aromatic carbocycles. The molecule has 3 N–H and O–H groups in total. The third-order valence-corrected chi connectivity index (χ3v) is 4.11. The molecule has 0 atom stereocenters. The monoisotopic (exact) mass is 303 g/mol. The van der Waals surface area contributed by atoms with E-state index in [0.717, 1.165) is 4.70 Å². The van der Waals surface area contributed by atoms with Crippen molar-refractivity contribution in [2.24, 2.45) is 5.84 Å². The van der Waals surface area contributed by atoms with Crippen LogP contribution < -0.4 is 16.8 Å². The van der Waals surface area contributed by atoms with E-state index in [1.54, 1.807) is 29.8 Å². The lowest BCUT2D eigenvalue weighted by Crippen LogP contribution is -2.30. The number of rotatable bonds is 3. The van der Waals surface area contributed by atoms with Gasteiger partial charge in [0.25, 0.3) is 5.56 Å². The molecule has 3 aromatic rings. The first kappa shape index (κ1) is 13.6. The first-order chi connectivity index (χ1) is 10.1.